The highest BCUT2D eigenvalue weighted by atomic mass is 35.5. The third-order valence-corrected chi connectivity index (χ3v) is 5.18. The second-order valence-electron chi connectivity index (χ2n) is 6.56. The number of allylic oxidation sites excluding steroid dienone is 1. The lowest BCUT2D eigenvalue weighted by Gasteiger charge is -2.19. The number of carbonyl (C=O) groups is 2. The van der Waals surface area contributed by atoms with Crippen molar-refractivity contribution in [3.8, 4) is 5.75 Å². The molecule has 1 aliphatic rings. The van der Waals surface area contributed by atoms with Crippen LogP contribution in [0.5, 0.6) is 5.75 Å². The minimum Gasteiger partial charge on any atom is -0.495 e. The largest absolute Gasteiger partial charge is 0.495 e. The number of esters is 1. The lowest BCUT2D eigenvalue weighted by molar-refractivity contribution is -0.136. The van der Waals surface area contributed by atoms with Crippen LogP contribution in [-0.4, -0.2) is 26.1 Å². The molecule has 150 valence electrons. The van der Waals surface area contributed by atoms with Gasteiger partial charge in [0.05, 0.1) is 36.1 Å². The zero-order chi connectivity index (χ0) is 21.1. The number of methoxy groups -OCH3 is 2. The number of carbonyl (C=O) groups excluding carboxylic acids is 2. The summed E-state index contributed by atoms with van der Waals surface area (Å²) >= 11 is 6.24. The Morgan fingerprint density at radius 1 is 1.14 bits per heavy atom. The molecular weight excluding hydrogens is 390 g/mol. The molecule has 1 amide bonds. The fourth-order valence-corrected chi connectivity index (χ4v) is 3.55. The summed E-state index contributed by atoms with van der Waals surface area (Å²) in [7, 11) is 2.82. The predicted molar refractivity (Wildman–Crippen MR) is 114 cm³/mol. The molecule has 5 nitrogen and oxygen atoms in total. The lowest BCUT2D eigenvalue weighted by Crippen LogP contribution is -2.24. The van der Waals surface area contributed by atoms with Gasteiger partial charge in [0, 0.05) is 5.70 Å². The van der Waals surface area contributed by atoms with Crippen molar-refractivity contribution in [1.29, 1.82) is 0 Å². The summed E-state index contributed by atoms with van der Waals surface area (Å²) in [6.07, 6.45) is 2.64. The van der Waals surface area contributed by atoms with Gasteiger partial charge in [0.25, 0.3) is 5.91 Å². The molecule has 1 aliphatic heterocycles. The first-order valence-corrected chi connectivity index (χ1v) is 9.57. The fourth-order valence-electron chi connectivity index (χ4n) is 3.30. The van der Waals surface area contributed by atoms with E-state index in [9.17, 15) is 9.59 Å². The average molecular weight is 412 g/mol. The van der Waals surface area contributed by atoms with Crippen LogP contribution in [-0.2, 0) is 20.7 Å². The van der Waals surface area contributed by atoms with Gasteiger partial charge in [0.15, 0.2) is 0 Å². The molecule has 6 heteroatoms. The number of nitrogens with zero attached hydrogens (tertiary/aromatic N) is 1. The van der Waals surface area contributed by atoms with E-state index >= 15 is 0 Å². The SMILES string of the molecule is CCc1ccc(/C=C2\C(=O)N(c3ccc(OC)c(Cl)c3)C(C)=C2C(=O)OC)cc1. The van der Waals surface area contributed by atoms with Gasteiger partial charge in [-0.25, -0.2) is 4.79 Å². The van der Waals surface area contributed by atoms with Crippen molar-refractivity contribution in [2.45, 2.75) is 20.3 Å². The van der Waals surface area contributed by atoms with Gasteiger partial charge in [-0.05, 0) is 48.7 Å². The van der Waals surface area contributed by atoms with Crippen molar-refractivity contribution >= 4 is 35.2 Å². The molecule has 29 heavy (non-hydrogen) atoms. The molecule has 0 N–H and O–H groups in total. The number of hydrogen-bond acceptors (Lipinski definition) is 4. The Balaban J connectivity index is 2.10. The number of anilines is 1. The summed E-state index contributed by atoms with van der Waals surface area (Å²) in [6.45, 7) is 3.79. The average Bonchev–Trinajstić information content (AvgIpc) is 2.97. The molecule has 0 saturated carbocycles. The zero-order valence-corrected chi connectivity index (χ0v) is 17.5. The van der Waals surface area contributed by atoms with Gasteiger partial charge < -0.3 is 9.47 Å². The first kappa shape index (κ1) is 20.7. The highest BCUT2D eigenvalue weighted by molar-refractivity contribution is 6.32. The number of hydrogen-bond donors (Lipinski definition) is 0. The van der Waals surface area contributed by atoms with Crippen LogP contribution >= 0.6 is 11.6 Å². The molecule has 0 aliphatic carbocycles. The molecule has 3 rings (SSSR count). The molecule has 0 unspecified atom stereocenters. The van der Waals surface area contributed by atoms with Gasteiger partial charge in [-0.1, -0.05) is 42.8 Å². The number of ether oxygens (including phenoxy) is 2. The topological polar surface area (TPSA) is 55.8 Å². The van der Waals surface area contributed by atoms with Crippen molar-refractivity contribution in [2.75, 3.05) is 19.1 Å². The molecule has 0 saturated heterocycles. The van der Waals surface area contributed by atoms with Gasteiger partial charge in [0.2, 0.25) is 0 Å². The molecule has 0 bridgehead atoms. The molecule has 0 aromatic heterocycles. The summed E-state index contributed by atoms with van der Waals surface area (Å²) in [5.74, 6) is -0.373. The highest BCUT2D eigenvalue weighted by Crippen LogP contribution is 2.38. The first-order valence-electron chi connectivity index (χ1n) is 9.19. The Bertz CT molecular complexity index is 1020. The van der Waals surface area contributed by atoms with Crippen LogP contribution < -0.4 is 9.64 Å². The molecule has 0 atom stereocenters. The molecular formula is C23H22ClNO4. The molecule has 2 aromatic rings. The number of aryl methyl sites for hydroxylation is 1. The quantitative estimate of drug-likeness (QED) is 0.524. The Hall–Kier alpha value is -3.05. The van der Waals surface area contributed by atoms with Gasteiger partial charge >= 0.3 is 5.97 Å². The van der Waals surface area contributed by atoms with Crippen molar-refractivity contribution in [1.82, 2.24) is 0 Å². The molecule has 0 spiro atoms. The monoisotopic (exact) mass is 411 g/mol. The Labute approximate surface area is 175 Å². The van der Waals surface area contributed by atoms with E-state index in [1.165, 1.54) is 24.7 Å². The van der Waals surface area contributed by atoms with E-state index in [1.807, 2.05) is 24.3 Å². The summed E-state index contributed by atoms with van der Waals surface area (Å²) in [5, 5.41) is 0.373. The second-order valence-corrected chi connectivity index (χ2v) is 6.97. The van der Waals surface area contributed by atoms with Gasteiger partial charge in [0.1, 0.15) is 5.75 Å². The third kappa shape index (κ3) is 3.91. The number of benzene rings is 2. The van der Waals surface area contributed by atoms with E-state index < -0.39 is 5.97 Å². The fraction of sp³-hybridized carbons (Fsp3) is 0.217. The van der Waals surface area contributed by atoms with Crippen LogP contribution in [0.15, 0.2) is 59.3 Å². The number of rotatable bonds is 5. The maximum atomic E-state index is 13.3. The first-order chi connectivity index (χ1) is 13.9. The lowest BCUT2D eigenvalue weighted by atomic mass is 10.0. The Morgan fingerprint density at radius 3 is 2.38 bits per heavy atom. The second kappa shape index (κ2) is 8.53. The van der Waals surface area contributed by atoms with E-state index in [0.29, 0.717) is 22.2 Å². The summed E-state index contributed by atoms with van der Waals surface area (Å²) in [5.41, 5.74) is 3.58. The summed E-state index contributed by atoms with van der Waals surface area (Å²) < 4.78 is 10.1. The van der Waals surface area contributed by atoms with Crippen molar-refractivity contribution in [3.63, 3.8) is 0 Å². The minimum atomic E-state index is -0.561. The number of halogens is 1. The summed E-state index contributed by atoms with van der Waals surface area (Å²) in [6, 6.07) is 12.9. The van der Waals surface area contributed by atoms with E-state index in [4.69, 9.17) is 21.1 Å². The summed E-state index contributed by atoms with van der Waals surface area (Å²) in [4.78, 5) is 27.2. The molecule has 2 aromatic carbocycles. The predicted octanol–water partition coefficient (Wildman–Crippen LogP) is 4.79. The third-order valence-electron chi connectivity index (χ3n) is 4.88. The van der Waals surface area contributed by atoms with Crippen LogP contribution in [0.25, 0.3) is 6.08 Å². The Kier molecular flexibility index (Phi) is 6.09. The number of amides is 1. The maximum absolute atomic E-state index is 13.3. The van der Waals surface area contributed by atoms with Gasteiger partial charge in [-0.2, -0.15) is 0 Å². The van der Waals surface area contributed by atoms with E-state index in [-0.39, 0.29) is 17.1 Å². The van der Waals surface area contributed by atoms with Crippen LogP contribution in [0.3, 0.4) is 0 Å². The van der Waals surface area contributed by atoms with Gasteiger partial charge in [-0.3, -0.25) is 9.69 Å². The molecule has 0 fully saturated rings. The van der Waals surface area contributed by atoms with E-state index in [2.05, 4.69) is 6.92 Å². The normalized spacial score (nSPS) is 15.3. The zero-order valence-electron chi connectivity index (χ0n) is 16.8. The minimum absolute atomic E-state index is 0.240. The highest BCUT2D eigenvalue weighted by Gasteiger charge is 2.38. The molecule has 0 radical (unpaired) electrons. The Morgan fingerprint density at radius 2 is 1.83 bits per heavy atom. The van der Waals surface area contributed by atoms with Crippen LogP contribution in [0.4, 0.5) is 5.69 Å². The van der Waals surface area contributed by atoms with Crippen molar-refractivity contribution < 1.29 is 19.1 Å². The van der Waals surface area contributed by atoms with Crippen LogP contribution in [0.2, 0.25) is 5.02 Å². The smallest absolute Gasteiger partial charge is 0.340 e. The van der Waals surface area contributed by atoms with Crippen LogP contribution in [0.1, 0.15) is 25.0 Å². The van der Waals surface area contributed by atoms with Crippen LogP contribution in [0, 0.1) is 0 Å². The molecule has 1 heterocycles. The maximum Gasteiger partial charge on any atom is 0.340 e. The van der Waals surface area contributed by atoms with E-state index in [1.54, 1.807) is 31.2 Å². The van der Waals surface area contributed by atoms with Crippen molar-refractivity contribution in [2.24, 2.45) is 0 Å². The van der Waals surface area contributed by atoms with Crippen molar-refractivity contribution in [3.05, 3.63) is 75.5 Å². The standard InChI is InChI=1S/C23H22ClNO4/c1-5-15-6-8-16(9-7-15)12-18-21(23(27)29-4)14(2)25(22(18)26)17-10-11-20(28-3)19(24)13-17/h6-13H,5H2,1-4H3/b18-12-. The van der Waals surface area contributed by atoms with Gasteiger partial charge in [-0.15, -0.1) is 0 Å². The van der Waals surface area contributed by atoms with E-state index in [0.717, 1.165) is 12.0 Å².